The predicted octanol–water partition coefficient (Wildman–Crippen LogP) is 2.95. The largest absolute Gasteiger partial charge is 0.352 e. The van der Waals surface area contributed by atoms with E-state index >= 15 is 0 Å². The fourth-order valence-corrected chi connectivity index (χ4v) is 2.31. The lowest BCUT2D eigenvalue weighted by atomic mass is 10.1. The Morgan fingerprint density at radius 3 is 2.30 bits per heavy atom. The number of aromatic nitrogens is 2. The van der Waals surface area contributed by atoms with Crippen molar-refractivity contribution in [3.05, 3.63) is 52.8 Å². The number of benzene rings is 1. The molecule has 0 aliphatic heterocycles. The summed E-state index contributed by atoms with van der Waals surface area (Å²) in [6, 6.07) is 7.60. The average Bonchev–Trinajstić information content (AvgIpc) is 2.58. The van der Waals surface area contributed by atoms with Crippen LogP contribution in [0.2, 0.25) is 5.02 Å². The van der Waals surface area contributed by atoms with Crippen molar-refractivity contribution in [2.45, 2.75) is 20.3 Å². The number of nitrogens with zero attached hydrogens (tertiary/aromatic N) is 3. The van der Waals surface area contributed by atoms with E-state index in [1.807, 2.05) is 43.0 Å². The number of halogens is 1. The molecule has 1 aromatic carbocycles. The highest BCUT2D eigenvalue weighted by atomic mass is 35.5. The minimum atomic E-state index is -0.162. The molecule has 1 heterocycles. The van der Waals surface area contributed by atoms with Crippen molar-refractivity contribution in [1.82, 2.24) is 15.3 Å². The highest BCUT2D eigenvalue weighted by molar-refractivity contribution is 6.30. The summed E-state index contributed by atoms with van der Waals surface area (Å²) >= 11 is 5.85. The first kappa shape index (κ1) is 17.2. The Hall–Kier alpha value is -2.14. The van der Waals surface area contributed by atoms with Gasteiger partial charge in [-0.1, -0.05) is 23.7 Å². The molecule has 0 radical (unpaired) electrons. The van der Waals surface area contributed by atoms with Crippen LogP contribution in [0.3, 0.4) is 0 Å². The van der Waals surface area contributed by atoms with Gasteiger partial charge in [0.15, 0.2) is 0 Å². The van der Waals surface area contributed by atoms with Crippen LogP contribution in [0.4, 0.5) is 5.95 Å². The highest BCUT2D eigenvalue weighted by Crippen LogP contribution is 2.10. The minimum Gasteiger partial charge on any atom is -0.352 e. The molecule has 0 atom stereocenters. The van der Waals surface area contributed by atoms with Crippen LogP contribution in [0, 0.1) is 0 Å². The number of hydrogen-bond acceptors (Lipinski definition) is 4. The van der Waals surface area contributed by atoms with Crippen molar-refractivity contribution in [2.24, 2.45) is 0 Å². The van der Waals surface area contributed by atoms with E-state index in [4.69, 9.17) is 11.6 Å². The van der Waals surface area contributed by atoms with Gasteiger partial charge in [0, 0.05) is 37.1 Å². The molecule has 0 saturated carbocycles. The third-order valence-corrected chi connectivity index (χ3v) is 3.81. The van der Waals surface area contributed by atoms with Gasteiger partial charge in [0.1, 0.15) is 0 Å². The van der Waals surface area contributed by atoms with E-state index in [1.54, 1.807) is 12.4 Å². The quantitative estimate of drug-likeness (QED) is 0.847. The maximum atomic E-state index is 12.1. The summed E-state index contributed by atoms with van der Waals surface area (Å²) in [6.45, 7) is 6.32. The van der Waals surface area contributed by atoms with Crippen molar-refractivity contribution < 1.29 is 4.79 Å². The van der Waals surface area contributed by atoms with Crippen LogP contribution < -0.4 is 10.2 Å². The second-order valence-electron chi connectivity index (χ2n) is 5.08. The SMILES string of the molecule is CCN(CC)c1ncc(C(=O)NCCc2ccc(Cl)cc2)cn1. The van der Waals surface area contributed by atoms with Crippen LogP contribution >= 0.6 is 11.6 Å². The van der Waals surface area contributed by atoms with Gasteiger partial charge in [0.05, 0.1) is 5.56 Å². The fourth-order valence-electron chi connectivity index (χ4n) is 2.18. The van der Waals surface area contributed by atoms with Crippen molar-refractivity contribution in [3.63, 3.8) is 0 Å². The Morgan fingerprint density at radius 2 is 1.74 bits per heavy atom. The highest BCUT2D eigenvalue weighted by Gasteiger charge is 2.09. The summed E-state index contributed by atoms with van der Waals surface area (Å²) < 4.78 is 0. The maximum Gasteiger partial charge on any atom is 0.254 e. The van der Waals surface area contributed by atoms with Gasteiger partial charge in [-0.2, -0.15) is 0 Å². The summed E-state index contributed by atoms with van der Waals surface area (Å²) in [4.78, 5) is 22.6. The number of carbonyl (C=O) groups is 1. The lowest BCUT2D eigenvalue weighted by Crippen LogP contribution is -2.27. The first-order valence-corrected chi connectivity index (χ1v) is 8.11. The molecule has 2 aromatic rings. The number of anilines is 1. The summed E-state index contributed by atoms with van der Waals surface area (Å²) in [5.41, 5.74) is 1.60. The smallest absolute Gasteiger partial charge is 0.254 e. The van der Waals surface area contributed by atoms with Crippen molar-refractivity contribution in [1.29, 1.82) is 0 Å². The first-order valence-electron chi connectivity index (χ1n) is 7.73. The van der Waals surface area contributed by atoms with Crippen LogP contribution in [0.25, 0.3) is 0 Å². The Labute approximate surface area is 141 Å². The molecule has 0 unspecified atom stereocenters. The molecule has 0 aliphatic rings. The second-order valence-corrected chi connectivity index (χ2v) is 5.51. The molecule has 122 valence electrons. The molecule has 2 rings (SSSR count). The monoisotopic (exact) mass is 332 g/mol. The lowest BCUT2D eigenvalue weighted by molar-refractivity contribution is 0.0953. The molecule has 6 heteroatoms. The normalized spacial score (nSPS) is 10.4. The molecule has 1 aromatic heterocycles. The Balaban J connectivity index is 1.86. The van der Waals surface area contributed by atoms with Crippen LogP contribution in [0.1, 0.15) is 29.8 Å². The van der Waals surface area contributed by atoms with Gasteiger partial charge in [-0.05, 0) is 38.0 Å². The molecule has 0 bridgehead atoms. The van der Waals surface area contributed by atoms with Crippen LogP contribution in [-0.2, 0) is 6.42 Å². The van der Waals surface area contributed by atoms with Gasteiger partial charge in [0.25, 0.3) is 5.91 Å². The summed E-state index contributed by atoms with van der Waals surface area (Å²) in [7, 11) is 0. The van der Waals surface area contributed by atoms with Gasteiger partial charge in [-0.25, -0.2) is 9.97 Å². The van der Waals surface area contributed by atoms with Crippen LogP contribution in [-0.4, -0.2) is 35.5 Å². The van der Waals surface area contributed by atoms with Gasteiger partial charge in [-0.3, -0.25) is 4.79 Å². The third kappa shape index (κ3) is 4.93. The number of hydrogen-bond donors (Lipinski definition) is 1. The van der Waals surface area contributed by atoms with Gasteiger partial charge < -0.3 is 10.2 Å². The van der Waals surface area contributed by atoms with Crippen LogP contribution in [0.15, 0.2) is 36.7 Å². The number of nitrogens with one attached hydrogen (secondary N) is 1. The molecule has 0 saturated heterocycles. The molecule has 0 spiro atoms. The zero-order valence-corrected chi connectivity index (χ0v) is 14.2. The van der Waals surface area contributed by atoms with E-state index < -0.39 is 0 Å². The van der Waals surface area contributed by atoms with E-state index in [0.717, 1.165) is 25.1 Å². The lowest BCUT2D eigenvalue weighted by Gasteiger charge is -2.17. The van der Waals surface area contributed by atoms with Crippen LogP contribution in [0.5, 0.6) is 0 Å². The molecule has 23 heavy (non-hydrogen) atoms. The van der Waals surface area contributed by atoms with Gasteiger partial charge in [-0.15, -0.1) is 0 Å². The number of carbonyl (C=O) groups excluding carboxylic acids is 1. The number of amides is 1. The molecular weight excluding hydrogens is 312 g/mol. The number of rotatable bonds is 7. The molecule has 0 fully saturated rings. The second kappa shape index (κ2) is 8.48. The third-order valence-electron chi connectivity index (χ3n) is 3.56. The van der Waals surface area contributed by atoms with E-state index in [1.165, 1.54) is 0 Å². The van der Waals surface area contributed by atoms with E-state index in [-0.39, 0.29) is 5.91 Å². The molecule has 0 aliphatic carbocycles. The zero-order chi connectivity index (χ0) is 16.7. The van der Waals surface area contributed by atoms with Crippen molar-refractivity contribution in [3.8, 4) is 0 Å². The van der Waals surface area contributed by atoms with E-state index in [9.17, 15) is 4.79 Å². The standard InChI is InChI=1S/C17H21ClN4O/c1-3-22(4-2)17-20-11-14(12-21-17)16(23)19-10-9-13-5-7-15(18)8-6-13/h5-8,11-12H,3-4,9-10H2,1-2H3,(H,19,23). The molecule has 1 N–H and O–H groups in total. The summed E-state index contributed by atoms with van der Waals surface area (Å²) in [6.07, 6.45) is 3.89. The van der Waals surface area contributed by atoms with E-state index in [0.29, 0.717) is 23.1 Å². The summed E-state index contributed by atoms with van der Waals surface area (Å²) in [5, 5.41) is 3.58. The van der Waals surface area contributed by atoms with Crippen molar-refractivity contribution >= 4 is 23.5 Å². The minimum absolute atomic E-state index is 0.162. The topological polar surface area (TPSA) is 58.1 Å². The Kier molecular flexibility index (Phi) is 6.35. The Bertz CT molecular complexity index is 624. The fraction of sp³-hybridized carbons (Fsp3) is 0.353. The zero-order valence-electron chi connectivity index (χ0n) is 13.4. The van der Waals surface area contributed by atoms with Gasteiger partial charge >= 0.3 is 0 Å². The van der Waals surface area contributed by atoms with Crippen molar-refractivity contribution in [2.75, 3.05) is 24.5 Å². The molecule has 5 nitrogen and oxygen atoms in total. The van der Waals surface area contributed by atoms with Gasteiger partial charge in [0.2, 0.25) is 5.95 Å². The molecular formula is C17H21ClN4O. The summed E-state index contributed by atoms with van der Waals surface area (Å²) in [5.74, 6) is 0.484. The van der Waals surface area contributed by atoms with E-state index in [2.05, 4.69) is 15.3 Å². The maximum absolute atomic E-state index is 12.1. The molecule has 1 amide bonds. The first-order chi connectivity index (χ1) is 11.1. The Morgan fingerprint density at radius 1 is 1.13 bits per heavy atom. The predicted molar refractivity (Wildman–Crippen MR) is 93.1 cm³/mol. The average molecular weight is 333 g/mol.